The van der Waals surface area contributed by atoms with Crippen molar-refractivity contribution in [3.05, 3.63) is 0 Å². The molecular weight excluding hydrogens is 148 g/mol. The van der Waals surface area contributed by atoms with E-state index in [4.69, 9.17) is 9.47 Å². The van der Waals surface area contributed by atoms with E-state index in [2.05, 4.69) is 0 Å². The molecule has 0 aromatic rings. The van der Waals surface area contributed by atoms with Gasteiger partial charge in [-0.25, -0.2) is 0 Å². The predicted molar refractivity (Wildman–Crippen MR) is 43.5 cm³/mol. The summed E-state index contributed by atoms with van der Waals surface area (Å²) in [5.41, 5.74) is 0. The molecule has 2 nitrogen and oxygen atoms in total. The standard InChI is InChI=1S/C7H14O2S/c1-8-4-7-3-6(9-2)5-10-7/h6-7H,3-5H2,1-2H3. The molecule has 1 aliphatic heterocycles. The van der Waals surface area contributed by atoms with Crippen molar-refractivity contribution in [1.29, 1.82) is 0 Å². The van der Waals surface area contributed by atoms with Crippen LogP contribution in [0.1, 0.15) is 6.42 Å². The first-order valence-corrected chi connectivity index (χ1v) is 4.55. The van der Waals surface area contributed by atoms with Gasteiger partial charge < -0.3 is 9.47 Å². The molecule has 1 saturated heterocycles. The Kier molecular flexibility index (Phi) is 3.52. The first kappa shape index (κ1) is 8.37. The first-order chi connectivity index (χ1) is 4.86. The van der Waals surface area contributed by atoms with E-state index >= 15 is 0 Å². The van der Waals surface area contributed by atoms with Crippen LogP contribution in [0.5, 0.6) is 0 Å². The number of ether oxygens (including phenoxy) is 2. The lowest BCUT2D eigenvalue weighted by Crippen LogP contribution is -2.12. The third-order valence-corrected chi connectivity index (χ3v) is 3.09. The van der Waals surface area contributed by atoms with Crippen molar-refractivity contribution in [2.75, 3.05) is 26.6 Å². The Labute approximate surface area is 66.3 Å². The Morgan fingerprint density at radius 3 is 2.80 bits per heavy atom. The van der Waals surface area contributed by atoms with Crippen molar-refractivity contribution in [2.24, 2.45) is 0 Å². The molecular formula is C7H14O2S. The number of rotatable bonds is 3. The summed E-state index contributed by atoms with van der Waals surface area (Å²) in [4.78, 5) is 0. The van der Waals surface area contributed by atoms with Crippen molar-refractivity contribution in [2.45, 2.75) is 17.8 Å². The van der Waals surface area contributed by atoms with E-state index in [1.165, 1.54) is 0 Å². The van der Waals surface area contributed by atoms with E-state index in [0.717, 1.165) is 18.8 Å². The summed E-state index contributed by atoms with van der Waals surface area (Å²) in [5.74, 6) is 1.13. The minimum absolute atomic E-state index is 0.463. The summed E-state index contributed by atoms with van der Waals surface area (Å²) in [7, 11) is 3.53. The summed E-state index contributed by atoms with van der Waals surface area (Å²) in [6.07, 6.45) is 1.61. The van der Waals surface area contributed by atoms with Gasteiger partial charge in [-0.1, -0.05) is 0 Å². The molecule has 0 amide bonds. The highest BCUT2D eigenvalue weighted by Crippen LogP contribution is 2.28. The van der Waals surface area contributed by atoms with Gasteiger partial charge in [-0.15, -0.1) is 0 Å². The zero-order chi connectivity index (χ0) is 7.40. The van der Waals surface area contributed by atoms with Gasteiger partial charge in [0.2, 0.25) is 0 Å². The van der Waals surface area contributed by atoms with Crippen molar-refractivity contribution in [1.82, 2.24) is 0 Å². The van der Waals surface area contributed by atoms with E-state index < -0.39 is 0 Å². The van der Waals surface area contributed by atoms with Crippen molar-refractivity contribution >= 4 is 11.8 Å². The van der Waals surface area contributed by atoms with Crippen LogP contribution in [0.25, 0.3) is 0 Å². The molecule has 0 N–H and O–H groups in total. The number of hydrogen-bond donors (Lipinski definition) is 0. The molecule has 0 bridgehead atoms. The second-order valence-corrected chi connectivity index (χ2v) is 3.84. The monoisotopic (exact) mass is 162 g/mol. The molecule has 2 unspecified atom stereocenters. The molecule has 2 atom stereocenters. The summed E-state index contributed by atoms with van der Waals surface area (Å²) in [5, 5.41) is 0.662. The number of methoxy groups -OCH3 is 2. The molecule has 0 aromatic carbocycles. The van der Waals surface area contributed by atoms with Crippen molar-refractivity contribution in [3.8, 4) is 0 Å². The molecule has 0 aromatic heterocycles. The maximum atomic E-state index is 5.21. The molecule has 10 heavy (non-hydrogen) atoms. The minimum Gasteiger partial charge on any atom is -0.384 e. The van der Waals surface area contributed by atoms with Crippen LogP contribution in [0.3, 0.4) is 0 Å². The second kappa shape index (κ2) is 4.21. The average Bonchev–Trinajstić information content (AvgIpc) is 2.37. The molecule has 0 aliphatic carbocycles. The maximum Gasteiger partial charge on any atom is 0.0673 e. The summed E-state index contributed by atoms with van der Waals surface area (Å²) in [6, 6.07) is 0. The van der Waals surface area contributed by atoms with Crippen molar-refractivity contribution in [3.63, 3.8) is 0 Å². The van der Waals surface area contributed by atoms with Gasteiger partial charge in [0.05, 0.1) is 12.7 Å². The summed E-state index contributed by atoms with van der Waals surface area (Å²) in [6.45, 7) is 0.866. The van der Waals surface area contributed by atoms with Gasteiger partial charge in [0.15, 0.2) is 0 Å². The van der Waals surface area contributed by atoms with E-state index in [0.29, 0.717) is 11.4 Å². The molecule has 0 radical (unpaired) electrons. The third kappa shape index (κ3) is 2.15. The fourth-order valence-corrected chi connectivity index (χ4v) is 2.48. The fourth-order valence-electron chi connectivity index (χ4n) is 1.14. The fraction of sp³-hybridized carbons (Fsp3) is 1.00. The Hall–Kier alpha value is 0.270. The van der Waals surface area contributed by atoms with E-state index in [9.17, 15) is 0 Å². The SMILES string of the molecule is COCC1CC(OC)CS1. The third-order valence-electron chi connectivity index (χ3n) is 1.73. The van der Waals surface area contributed by atoms with Crippen LogP contribution in [0.2, 0.25) is 0 Å². The lowest BCUT2D eigenvalue weighted by atomic mass is 10.2. The zero-order valence-electron chi connectivity index (χ0n) is 6.50. The van der Waals surface area contributed by atoms with Gasteiger partial charge >= 0.3 is 0 Å². The molecule has 0 spiro atoms. The van der Waals surface area contributed by atoms with Gasteiger partial charge in [-0.05, 0) is 6.42 Å². The molecule has 1 aliphatic rings. The quantitative estimate of drug-likeness (QED) is 0.620. The van der Waals surface area contributed by atoms with Crippen LogP contribution < -0.4 is 0 Å². The lowest BCUT2D eigenvalue weighted by molar-refractivity contribution is 0.111. The van der Waals surface area contributed by atoms with Gasteiger partial charge in [-0.3, -0.25) is 0 Å². The van der Waals surface area contributed by atoms with E-state index in [1.807, 2.05) is 11.8 Å². The Morgan fingerprint density at radius 1 is 1.50 bits per heavy atom. The number of thioether (sulfide) groups is 1. The highest BCUT2D eigenvalue weighted by molar-refractivity contribution is 8.00. The largest absolute Gasteiger partial charge is 0.384 e. The number of hydrogen-bond acceptors (Lipinski definition) is 3. The molecule has 60 valence electrons. The first-order valence-electron chi connectivity index (χ1n) is 3.50. The summed E-state index contributed by atoms with van der Waals surface area (Å²) < 4.78 is 10.3. The lowest BCUT2D eigenvalue weighted by Gasteiger charge is -2.06. The molecule has 0 saturated carbocycles. The van der Waals surface area contributed by atoms with Crippen LogP contribution in [0.15, 0.2) is 0 Å². The Bertz CT molecular complexity index is 97.6. The van der Waals surface area contributed by atoms with Crippen LogP contribution in [-0.4, -0.2) is 37.9 Å². The topological polar surface area (TPSA) is 18.5 Å². The van der Waals surface area contributed by atoms with Crippen LogP contribution in [-0.2, 0) is 9.47 Å². The van der Waals surface area contributed by atoms with Gasteiger partial charge in [0.1, 0.15) is 0 Å². The maximum absolute atomic E-state index is 5.21. The van der Waals surface area contributed by atoms with Crippen LogP contribution >= 0.6 is 11.8 Å². The Morgan fingerprint density at radius 2 is 2.30 bits per heavy atom. The average molecular weight is 162 g/mol. The van der Waals surface area contributed by atoms with E-state index in [-0.39, 0.29) is 0 Å². The van der Waals surface area contributed by atoms with Gasteiger partial charge in [0.25, 0.3) is 0 Å². The van der Waals surface area contributed by atoms with Crippen molar-refractivity contribution < 1.29 is 9.47 Å². The molecule has 1 rings (SSSR count). The van der Waals surface area contributed by atoms with Gasteiger partial charge in [0, 0.05) is 25.2 Å². The minimum atomic E-state index is 0.463. The van der Waals surface area contributed by atoms with Crippen LogP contribution in [0.4, 0.5) is 0 Å². The van der Waals surface area contributed by atoms with Crippen LogP contribution in [0, 0.1) is 0 Å². The molecule has 3 heteroatoms. The zero-order valence-corrected chi connectivity index (χ0v) is 7.32. The summed E-state index contributed by atoms with van der Waals surface area (Å²) >= 11 is 1.95. The Balaban J connectivity index is 2.15. The predicted octanol–water partition coefficient (Wildman–Crippen LogP) is 1.15. The highest BCUT2D eigenvalue weighted by Gasteiger charge is 2.24. The molecule has 1 fully saturated rings. The highest BCUT2D eigenvalue weighted by atomic mass is 32.2. The molecule has 1 heterocycles. The smallest absolute Gasteiger partial charge is 0.0673 e. The second-order valence-electron chi connectivity index (χ2n) is 2.50. The van der Waals surface area contributed by atoms with E-state index in [1.54, 1.807) is 14.2 Å². The normalized spacial score (nSPS) is 33.0. The van der Waals surface area contributed by atoms with Gasteiger partial charge in [-0.2, -0.15) is 11.8 Å².